The predicted molar refractivity (Wildman–Crippen MR) is 256 cm³/mol. The number of furan rings is 1. The van der Waals surface area contributed by atoms with Gasteiger partial charge in [-0.15, -0.1) is 11.3 Å². The predicted octanol–water partition coefficient (Wildman–Crippen LogP) is 16.9. The number of hydrogen-bond donors (Lipinski definition) is 0. The first-order chi connectivity index (χ1) is 29.7. The van der Waals surface area contributed by atoms with Gasteiger partial charge in [-0.1, -0.05) is 121 Å². The molecule has 0 saturated carbocycles. The van der Waals surface area contributed by atoms with Crippen LogP contribution >= 0.6 is 11.3 Å². The zero-order valence-corrected chi connectivity index (χ0v) is 33.3. The minimum atomic E-state index is 0.909. The standard InChI is InChI=1S/C56H36N2OS/c1-3-13-37(14-4-1)39-15-11-18-42(31-39)57(41-16-5-2-6-17-41)43-19-12-20-44(33-43)58(46-29-30-56-52(35-46)48-22-8-10-24-55(48)60-56)45-28-27-38-25-26-40-32-54-51(36-50(40)49(38)34-45)47-21-7-9-23-53(47)59-54/h1-36H. The molecule has 3 nitrogen and oxygen atoms in total. The van der Waals surface area contributed by atoms with Gasteiger partial charge in [-0.05, 0) is 130 Å². The summed E-state index contributed by atoms with van der Waals surface area (Å²) in [5, 5.41) is 9.56. The van der Waals surface area contributed by atoms with Crippen molar-refractivity contribution in [3.05, 3.63) is 218 Å². The highest BCUT2D eigenvalue weighted by atomic mass is 32.1. The third-order valence-electron chi connectivity index (χ3n) is 11.8. The van der Waals surface area contributed by atoms with E-state index in [0.29, 0.717) is 0 Å². The molecule has 2 heterocycles. The highest BCUT2D eigenvalue weighted by Crippen LogP contribution is 2.45. The zero-order valence-electron chi connectivity index (χ0n) is 32.5. The molecule has 10 aromatic carbocycles. The molecule has 0 radical (unpaired) electrons. The van der Waals surface area contributed by atoms with Crippen molar-refractivity contribution in [1.82, 2.24) is 0 Å². The molecule has 0 aliphatic heterocycles. The van der Waals surface area contributed by atoms with Crippen LogP contribution in [0.5, 0.6) is 0 Å². The number of nitrogens with zero attached hydrogens (tertiary/aromatic N) is 2. The van der Waals surface area contributed by atoms with Crippen LogP contribution in [0.1, 0.15) is 0 Å². The van der Waals surface area contributed by atoms with Crippen LogP contribution in [-0.2, 0) is 0 Å². The first-order valence-electron chi connectivity index (χ1n) is 20.3. The van der Waals surface area contributed by atoms with E-state index in [1.54, 1.807) is 0 Å². The molecule has 0 N–H and O–H groups in total. The largest absolute Gasteiger partial charge is 0.456 e. The van der Waals surface area contributed by atoms with Gasteiger partial charge >= 0.3 is 0 Å². The zero-order chi connectivity index (χ0) is 39.6. The molecule has 0 fully saturated rings. The van der Waals surface area contributed by atoms with Gasteiger partial charge in [0.25, 0.3) is 0 Å². The Morgan fingerprint density at radius 1 is 0.283 bits per heavy atom. The summed E-state index contributed by atoms with van der Waals surface area (Å²) in [4.78, 5) is 4.78. The smallest absolute Gasteiger partial charge is 0.136 e. The van der Waals surface area contributed by atoms with Crippen LogP contribution in [0.4, 0.5) is 34.1 Å². The highest BCUT2D eigenvalue weighted by Gasteiger charge is 2.20. The molecule has 0 unspecified atom stereocenters. The van der Waals surface area contributed by atoms with Crippen LogP contribution < -0.4 is 9.80 Å². The van der Waals surface area contributed by atoms with Gasteiger partial charge in [-0.3, -0.25) is 0 Å². The second kappa shape index (κ2) is 14.0. The molecule has 282 valence electrons. The molecule has 60 heavy (non-hydrogen) atoms. The van der Waals surface area contributed by atoms with E-state index in [-0.39, 0.29) is 0 Å². The van der Waals surface area contributed by atoms with Crippen LogP contribution in [0.3, 0.4) is 0 Å². The average Bonchev–Trinajstić information content (AvgIpc) is 3.87. The average molecular weight is 785 g/mol. The molecule has 4 heteroatoms. The van der Waals surface area contributed by atoms with Crippen LogP contribution in [0.15, 0.2) is 223 Å². The maximum atomic E-state index is 6.32. The van der Waals surface area contributed by atoms with Crippen molar-refractivity contribution in [2.75, 3.05) is 9.80 Å². The van der Waals surface area contributed by atoms with Crippen molar-refractivity contribution in [3.63, 3.8) is 0 Å². The minimum absolute atomic E-state index is 0.909. The monoisotopic (exact) mass is 784 g/mol. The van der Waals surface area contributed by atoms with Gasteiger partial charge < -0.3 is 14.2 Å². The Morgan fingerprint density at radius 2 is 0.833 bits per heavy atom. The van der Waals surface area contributed by atoms with E-state index in [1.807, 2.05) is 17.4 Å². The Hall–Kier alpha value is -7.66. The first kappa shape index (κ1) is 34.4. The van der Waals surface area contributed by atoms with Crippen molar-refractivity contribution in [1.29, 1.82) is 0 Å². The van der Waals surface area contributed by atoms with Crippen molar-refractivity contribution in [3.8, 4) is 11.1 Å². The summed E-state index contributed by atoms with van der Waals surface area (Å²) in [6, 6.07) is 78.9. The van der Waals surface area contributed by atoms with Gasteiger partial charge in [0.1, 0.15) is 11.2 Å². The third-order valence-corrected chi connectivity index (χ3v) is 12.9. The van der Waals surface area contributed by atoms with Crippen LogP contribution in [0.2, 0.25) is 0 Å². The second-order valence-corrected chi connectivity index (χ2v) is 16.4. The Labute approximate surface area is 351 Å². The van der Waals surface area contributed by atoms with Crippen molar-refractivity contribution in [2.24, 2.45) is 0 Å². The number of benzene rings is 10. The molecular weight excluding hydrogens is 749 g/mol. The molecular formula is C56H36N2OS. The van der Waals surface area contributed by atoms with Gasteiger partial charge in [0.05, 0.1) is 0 Å². The Kier molecular flexibility index (Phi) is 8.03. The fraction of sp³-hybridized carbons (Fsp3) is 0. The summed E-state index contributed by atoms with van der Waals surface area (Å²) in [6.45, 7) is 0. The topological polar surface area (TPSA) is 19.6 Å². The van der Waals surface area contributed by atoms with E-state index in [2.05, 4.69) is 222 Å². The van der Waals surface area contributed by atoms with Crippen molar-refractivity contribution < 1.29 is 4.42 Å². The number of hydrogen-bond acceptors (Lipinski definition) is 4. The second-order valence-electron chi connectivity index (χ2n) is 15.4. The fourth-order valence-corrected chi connectivity index (χ4v) is 10.0. The minimum Gasteiger partial charge on any atom is -0.456 e. The first-order valence-corrected chi connectivity index (χ1v) is 21.1. The number of anilines is 6. The third kappa shape index (κ3) is 5.80. The lowest BCUT2D eigenvalue weighted by Gasteiger charge is -2.30. The fourth-order valence-electron chi connectivity index (χ4n) is 8.95. The SMILES string of the molecule is c1ccc(-c2cccc(N(c3ccccc3)c3cccc(N(c4ccc5ccc6cc7oc8ccccc8c7cc6c5c4)c4ccc5sc6ccccc6c5c4)c3)c2)cc1. The van der Waals surface area contributed by atoms with Gasteiger partial charge in [0.2, 0.25) is 0 Å². The van der Waals surface area contributed by atoms with Gasteiger partial charge in [-0.2, -0.15) is 0 Å². The van der Waals surface area contributed by atoms with E-state index in [0.717, 1.165) is 61.4 Å². The van der Waals surface area contributed by atoms with Gasteiger partial charge in [0, 0.05) is 65.1 Å². The number of thiophene rings is 1. The van der Waals surface area contributed by atoms with Gasteiger partial charge in [0.15, 0.2) is 0 Å². The van der Waals surface area contributed by atoms with Crippen LogP contribution in [0, 0.1) is 0 Å². The highest BCUT2D eigenvalue weighted by molar-refractivity contribution is 7.25. The molecule has 0 spiro atoms. The van der Waals surface area contributed by atoms with E-state index in [1.165, 1.54) is 47.5 Å². The van der Waals surface area contributed by atoms with E-state index in [9.17, 15) is 0 Å². The summed E-state index contributed by atoms with van der Waals surface area (Å²) in [5.74, 6) is 0. The summed E-state index contributed by atoms with van der Waals surface area (Å²) in [6.07, 6.45) is 0. The van der Waals surface area contributed by atoms with Crippen LogP contribution in [-0.4, -0.2) is 0 Å². The van der Waals surface area contributed by atoms with Crippen molar-refractivity contribution in [2.45, 2.75) is 0 Å². The lowest BCUT2D eigenvalue weighted by Crippen LogP contribution is -2.13. The van der Waals surface area contributed by atoms with Crippen LogP contribution in [0.25, 0.3) is 74.8 Å². The van der Waals surface area contributed by atoms with Gasteiger partial charge in [-0.25, -0.2) is 0 Å². The maximum absolute atomic E-state index is 6.32. The molecule has 0 amide bonds. The Morgan fingerprint density at radius 3 is 1.67 bits per heavy atom. The molecule has 0 aliphatic rings. The molecule has 0 saturated heterocycles. The summed E-state index contributed by atoms with van der Waals surface area (Å²) < 4.78 is 8.90. The molecule has 12 aromatic rings. The van der Waals surface area contributed by atoms with E-state index >= 15 is 0 Å². The molecule has 2 aromatic heterocycles. The summed E-state index contributed by atoms with van der Waals surface area (Å²) in [5.41, 5.74) is 10.7. The number of rotatable bonds is 7. The number of para-hydroxylation sites is 2. The lowest BCUT2D eigenvalue weighted by molar-refractivity contribution is 0.669. The Bertz CT molecular complexity index is 3570. The maximum Gasteiger partial charge on any atom is 0.136 e. The van der Waals surface area contributed by atoms with Crippen molar-refractivity contribution >= 4 is 109 Å². The number of fused-ring (bicyclic) bond motifs is 9. The normalized spacial score (nSPS) is 11.7. The van der Waals surface area contributed by atoms with E-state index < -0.39 is 0 Å². The van der Waals surface area contributed by atoms with E-state index in [4.69, 9.17) is 4.42 Å². The molecule has 0 aliphatic carbocycles. The summed E-state index contributed by atoms with van der Waals surface area (Å²) in [7, 11) is 0. The summed E-state index contributed by atoms with van der Waals surface area (Å²) >= 11 is 1.85. The molecule has 0 atom stereocenters. The Balaban J connectivity index is 1.07. The quantitative estimate of drug-likeness (QED) is 0.150. The lowest BCUT2D eigenvalue weighted by atomic mass is 9.99. The molecule has 0 bridgehead atoms. The molecule has 12 rings (SSSR count).